The Balaban J connectivity index is 1.69. The fourth-order valence-electron chi connectivity index (χ4n) is 6.16. The van der Waals surface area contributed by atoms with Gasteiger partial charge in [0, 0.05) is 16.9 Å². The van der Waals surface area contributed by atoms with E-state index >= 15 is 0 Å². The Morgan fingerprint density at radius 2 is 2.33 bits per heavy atom. The number of hydrogen-bond donors (Lipinski definition) is 2. The summed E-state index contributed by atoms with van der Waals surface area (Å²) in [5.41, 5.74) is -0.139. The number of carbonyl (C=O) groups excluding carboxylic acids is 1. The molecule has 3 aliphatic carbocycles. The minimum absolute atomic E-state index is 0.0581. The van der Waals surface area contributed by atoms with Crippen LogP contribution in [0.5, 0.6) is 0 Å². The van der Waals surface area contributed by atoms with Gasteiger partial charge in [0.1, 0.15) is 11.7 Å². The molecule has 0 amide bonds. The standard InChI is InChI=1S/C19H22O5/c1-3-23-16(21)13-11-4-7-19(24-11)12-5-6-18(22)9-17(12,8-10(18)2)15(20)14(13)19/h4,7,11-12,15,20,22H,2-3,5-6,8-9H2,1H3/t11-,12-,15+,17+,18+,19+/m1/s1. The van der Waals surface area contributed by atoms with E-state index in [4.69, 9.17) is 9.47 Å². The molecule has 4 bridgehead atoms. The first-order chi connectivity index (χ1) is 11.4. The number of ether oxygens (including phenoxy) is 2. The molecule has 0 aromatic rings. The second-order valence-corrected chi connectivity index (χ2v) is 7.95. The van der Waals surface area contributed by atoms with Crippen LogP contribution in [0.2, 0.25) is 0 Å². The van der Waals surface area contributed by atoms with Crippen molar-refractivity contribution in [1.82, 2.24) is 0 Å². The minimum Gasteiger partial charge on any atom is -0.463 e. The molecule has 5 aliphatic rings. The molecule has 3 fully saturated rings. The van der Waals surface area contributed by atoms with Gasteiger partial charge < -0.3 is 19.7 Å². The Bertz CT molecular complexity index is 736. The third-order valence-electron chi connectivity index (χ3n) is 7.03. The van der Waals surface area contributed by atoms with E-state index in [1.54, 1.807) is 6.92 Å². The van der Waals surface area contributed by atoms with Crippen LogP contribution in [0.25, 0.3) is 0 Å². The van der Waals surface area contributed by atoms with Gasteiger partial charge in [0.15, 0.2) is 0 Å². The minimum atomic E-state index is -0.890. The molecule has 5 nitrogen and oxygen atoms in total. The fraction of sp³-hybridized carbons (Fsp3) is 0.632. The summed E-state index contributed by atoms with van der Waals surface area (Å²) in [6.45, 7) is 6.13. The van der Waals surface area contributed by atoms with Gasteiger partial charge in [0.25, 0.3) is 0 Å². The highest BCUT2D eigenvalue weighted by molar-refractivity contribution is 5.94. The van der Waals surface area contributed by atoms with E-state index < -0.39 is 34.8 Å². The van der Waals surface area contributed by atoms with Crippen LogP contribution >= 0.6 is 0 Å². The van der Waals surface area contributed by atoms with Crippen molar-refractivity contribution in [2.45, 2.75) is 56.0 Å². The molecule has 5 rings (SSSR count). The molecule has 0 unspecified atom stereocenters. The van der Waals surface area contributed by atoms with Crippen molar-refractivity contribution in [2.24, 2.45) is 11.3 Å². The second-order valence-electron chi connectivity index (χ2n) is 7.95. The van der Waals surface area contributed by atoms with E-state index in [0.29, 0.717) is 37.0 Å². The molecule has 2 spiro atoms. The van der Waals surface area contributed by atoms with Gasteiger partial charge >= 0.3 is 5.97 Å². The van der Waals surface area contributed by atoms with Gasteiger partial charge in [-0.15, -0.1) is 0 Å². The molecule has 24 heavy (non-hydrogen) atoms. The molecule has 128 valence electrons. The number of fused-ring (bicyclic) bond motifs is 2. The Labute approximate surface area is 140 Å². The molecular weight excluding hydrogens is 308 g/mol. The summed E-state index contributed by atoms with van der Waals surface area (Å²) in [6.07, 6.45) is 5.17. The van der Waals surface area contributed by atoms with E-state index in [9.17, 15) is 15.0 Å². The highest BCUT2D eigenvalue weighted by Crippen LogP contribution is 2.72. The van der Waals surface area contributed by atoms with Gasteiger partial charge in [-0.25, -0.2) is 4.79 Å². The zero-order valence-electron chi connectivity index (χ0n) is 13.7. The lowest BCUT2D eigenvalue weighted by molar-refractivity contribution is -0.140. The summed E-state index contributed by atoms with van der Waals surface area (Å²) >= 11 is 0. The third-order valence-corrected chi connectivity index (χ3v) is 7.03. The molecule has 0 aromatic carbocycles. The largest absolute Gasteiger partial charge is 0.463 e. The molecule has 2 aliphatic heterocycles. The van der Waals surface area contributed by atoms with E-state index in [2.05, 4.69) is 6.58 Å². The van der Waals surface area contributed by atoms with Crippen molar-refractivity contribution >= 4 is 5.97 Å². The average molecular weight is 330 g/mol. The van der Waals surface area contributed by atoms with Crippen molar-refractivity contribution in [2.75, 3.05) is 6.61 Å². The molecule has 6 atom stereocenters. The smallest absolute Gasteiger partial charge is 0.337 e. The molecule has 0 radical (unpaired) electrons. The van der Waals surface area contributed by atoms with Gasteiger partial charge in [-0.1, -0.05) is 12.7 Å². The molecule has 0 saturated heterocycles. The zero-order chi connectivity index (χ0) is 16.9. The Morgan fingerprint density at radius 3 is 3.08 bits per heavy atom. The topological polar surface area (TPSA) is 76.0 Å². The molecule has 2 N–H and O–H groups in total. The maximum atomic E-state index is 12.5. The summed E-state index contributed by atoms with van der Waals surface area (Å²) in [7, 11) is 0. The number of aliphatic hydroxyl groups excluding tert-OH is 1. The number of rotatable bonds is 2. The SMILES string of the molecule is C=C1C[C@]23C[C@@]1(O)CC[C@H]2[C@]12C=C[C@@H](O1)C(C(=O)OCC)=C2[C@@H]3O. The highest BCUT2D eigenvalue weighted by Gasteiger charge is 2.75. The first kappa shape index (κ1) is 14.9. The van der Waals surface area contributed by atoms with Crippen molar-refractivity contribution in [3.05, 3.63) is 35.5 Å². The lowest BCUT2D eigenvalue weighted by Gasteiger charge is -2.43. The van der Waals surface area contributed by atoms with E-state index in [1.165, 1.54) is 0 Å². The van der Waals surface area contributed by atoms with Gasteiger partial charge in [-0.3, -0.25) is 0 Å². The Hall–Kier alpha value is -1.43. The first-order valence-electron chi connectivity index (χ1n) is 8.75. The van der Waals surface area contributed by atoms with Gasteiger partial charge in [-0.05, 0) is 44.3 Å². The lowest BCUT2D eigenvalue weighted by atomic mass is 9.64. The van der Waals surface area contributed by atoms with E-state index in [0.717, 1.165) is 12.0 Å². The predicted molar refractivity (Wildman–Crippen MR) is 84.9 cm³/mol. The molecule has 3 saturated carbocycles. The fourth-order valence-corrected chi connectivity index (χ4v) is 6.16. The van der Waals surface area contributed by atoms with E-state index in [1.807, 2.05) is 12.2 Å². The predicted octanol–water partition coefficient (Wildman–Crippen LogP) is 1.41. The van der Waals surface area contributed by atoms with Crippen LogP contribution in [-0.2, 0) is 14.3 Å². The molecular formula is C19H22O5. The second kappa shape index (κ2) is 4.21. The number of carbonyl (C=O) groups is 1. The summed E-state index contributed by atoms with van der Waals surface area (Å²) < 4.78 is 11.5. The number of esters is 1. The summed E-state index contributed by atoms with van der Waals surface area (Å²) in [6, 6.07) is 0. The third kappa shape index (κ3) is 1.38. The van der Waals surface area contributed by atoms with Crippen LogP contribution < -0.4 is 0 Å². The van der Waals surface area contributed by atoms with Crippen LogP contribution in [-0.4, -0.2) is 46.2 Å². The Morgan fingerprint density at radius 1 is 1.54 bits per heavy atom. The van der Waals surface area contributed by atoms with Crippen molar-refractivity contribution < 1.29 is 24.5 Å². The van der Waals surface area contributed by atoms with E-state index in [-0.39, 0.29) is 5.92 Å². The monoisotopic (exact) mass is 330 g/mol. The summed E-state index contributed by atoms with van der Waals surface area (Å²) in [4.78, 5) is 12.5. The van der Waals surface area contributed by atoms with Crippen molar-refractivity contribution in [3.8, 4) is 0 Å². The van der Waals surface area contributed by atoms with Crippen molar-refractivity contribution in [3.63, 3.8) is 0 Å². The first-order valence-corrected chi connectivity index (χ1v) is 8.75. The van der Waals surface area contributed by atoms with Crippen LogP contribution in [0.3, 0.4) is 0 Å². The molecule has 2 heterocycles. The van der Waals surface area contributed by atoms with Crippen molar-refractivity contribution in [1.29, 1.82) is 0 Å². The summed E-state index contributed by atoms with van der Waals surface area (Å²) in [5, 5.41) is 22.1. The quantitative estimate of drug-likeness (QED) is 0.591. The van der Waals surface area contributed by atoms with Crippen LogP contribution in [0.15, 0.2) is 35.5 Å². The maximum absolute atomic E-state index is 12.5. The normalized spacial score (nSPS) is 50.5. The van der Waals surface area contributed by atoms with Crippen LogP contribution in [0.4, 0.5) is 0 Å². The maximum Gasteiger partial charge on any atom is 0.337 e. The van der Waals surface area contributed by atoms with Gasteiger partial charge in [0.2, 0.25) is 0 Å². The zero-order valence-corrected chi connectivity index (χ0v) is 13.7. The molecule has 0 aromatic heterocycles. The van der Waals surface area contributed by atoms with Crippen LogP contribution in [0, 0.1) is 11.3 Å². The Kier molecular flexibility index (Phi) is 2.61. The van der Waals surface area contributed by atoms with Gasteiger partial charge in [-0.2, -0.15) is 0 Å². The highest BCUT2D eigenvalue weighted by atomic mass is 16.5. The van der Waals surface area contributed by atoms with Gasteiger partial charge in [0.05, 0.1) is 23.9 Å². The molecule has 5 heteroatoms. The van der Waals surface area contributed by atoms with Crippen LogP contribution in [0.1, 0.15) is 32.6 Å². The number of hydrogen-bond acceptors (Lipinski definition) is 5. The summed E-state index contributed by atoms with van der Waals surface area (Å²) in [5.74, 6) is -0.340. The lowest BCUT2D eigenvalue weighted by Crippen LogP contribution is -2.46. The average Bonchev–Trinajstić information content (AvgIpc) is 3.19. The number of aliphatic hydroxyl groups is 2.